The summed E-state index contributed by atoms with van der Waals surface area (Å²) in [6.07, 6.45) is 0.956. The molecular weight excluding hydrogens is 275 g/mol. The number of aliphatic imine (C=N–C) groups is 1. The van der Waals surface area contributed by atoms with Crippen molar-refractivity contribution in [2.24, 2.45) is 22.2 Å². The van der Waals surface area contributed by atoms with Crippen LogP contribution in [0.4, 0.5) is 0 Å². The zero-order valence-corrected chi connectivity index (χ0v) is 10.6. The number of rotatable bonds is 5. The van der Waals surface area contributed by atoms with Crippen LogP contribution in [0.15, 0.2) is 4.99 Å². The number of nitrogens with two attached hydrogens (primary N) is 3. The maximum atomic E-state index is 10.2. The predicted octanol–water partition coefficient (Wildman–Crippen LogP) is -1.50. The molecule has 0 saturated carbocycles. The van der Waals surface area contributed by atoms with Gasteiger partial charge in [-0.25, -0.2) is 0 Å². The largest absolute Gasteiger partial charge is 0.692 e. The van der Waals surface area contributed by atoms with Gasteiger partial charge < -0.3 is 22.3 Å². The van der Waals surface area contributed by atoms with Crippen molar-refractivity contribution in [2.45, 2.75) is 18.9 Å². The fraction of sp³-hybridized carbons (Fsp3) is 0.667. The number of halogens is 1. The summed E-state index contributed by atoms with van der Waals surface area (Å²) in [5.74, 6) is -0.987. The molecule has 11 heteroatoms. The number of hydrogen-bond acceptors (Lipinski definition) is 4. The molecule has 1 atom stereocenters. The lowest BCUT2D eigenvalue weighted by Gasteiger charge is -2.03. The van der Waals surface area contributed by atoms with Gasteiger partial charge in [0.25, 0.3) is 0 Å². The lowest BCUT2D eigenvalue weighted by atomic mass is 10.2. The van der Waals surface area contributed by atoms with Gasteiger partial charge in [-0.1, -0.05) is 0 Å². The van der Waals surface area contributed by atoms with E-state index in [1.54, 1.807) is 0 Å². The zero-order valence-electron chi connectivity index (χ0n) is 8.89. The smallest absolute Gasteiger partial charge is 0.480 e. The molecule has 17 heavy (non-hydrogen) atoms. The predicted molar refractivity (Wildman–Crippen MR) is 64.8 cm³/mol. The summed E-state index contributed by atoms with van der Waals surface area (Å²) in [7, 11) is -2.87. The maximum Gasteiger partial charge on any atom is 0.692 e. The number of guanidine groups is 1. The Morgan fingerprint density at radius 2 is 1.76 bits per heavy atom. The highest BCUT2D eigenvalue weighted by molar-refractivity contribution is 7.30. The Hall–Kier alpha value is -0.990. The van der Waals surface area contributed by atoms with Crippen molar-refractivity contribution in [1.29, 1.82) is 0 Å². The van der Waals surface area contributed by atoms with Crippen molar-refractivity contribution in [3.05, 3.63) is 0 Å². The summed E-state index contributed by atoms with van der Waals surface area (Å²) >= 11 is 0. The SMILES string of the molecule is Cl.NC(N)=NCCCC(N)C(=O)O.O=[P+](O)O. The van der Waals surface area contributed by atoms with Crippen LogP contribution < -0.4 is 17.2 Å². The maximum absolute atomic E-state index is 10.2. The Morgan fingerprint density at radius 3 is 2.06 bits per heavy atom. The number of nitrogens with zero attached hydrogens (tertiary/aromatic N) is 1. The van der Waals surface area contributed by atoms with E-state index in [1.165, 1.54) is 0 Å². The average Bonchev–Trinajstić information content (AvgIpc) is 2.10. The molecule has 9 N–H and O–H groups in total. The van der Waals surface area contributed by atoms with Crippen molar-refractivity contribution in [2.75, 3.05) is 6.54 Å². The molecule has 0 aromatic carbocycles. The highest BCUT2D eigenvalue weighted by Gasteiger charge is 2.09. The number of aliphatic carboxylic acids is 1. The van der Waals surface area contributed by atoms with Gasteiger partial charge in [0.1, 0.15) is 6.04 Å². The fourth-order valence-electron chi connectivity index (χ4n) is 0.643. The minimum Gasteiger partial charge on any atom is -0.480 e. The minimum atomic E-state index is -2.87. The van der Waals surface area contributed by atoms with Crippen molar-refractivity contribution >= 4 is 32.6 Å². The first-order chi connectivity index (χ1) is 7.27. The van der Waals surface area contributed by atoms with Crippen molar-refractivity contribution < 1.29 is 24.3 Å². The Labute approximate surface area is 105 Å². The van der Waals surface area contributed by atoms with Gasteiger partial charge in [-0.15, -0.1) is 22.2 Å². The van der Waals surface area contributed by atoms with E-state index in [-0.39, 0.29) is 18.4 Å². The monoisotopic (exact) mass is 291 g/mol. The summed E-state index contributed by atoms with van der Waals surface area (Å²) < 4.78 is 8.70. The fourth-order valence-corrected chi connectivity index (χ4v) is 0.643. The summed E-state index contributed by atoms with van der Waals surface area (Å²) in [5, 5.41) is 8.38. The second kappa shape index (κ2) is 13.1. The van der Waals surface area contributed by atoms with Crippen LogP contribution in [0.2, 0.25) is 0 Å². The second-order valence-corrected chi connectivity index (χ2v) is 3.15. The van der Waals surface area contributed by atoms with Crippen LogP contribution >= 0.6 is 20.7 Å². The Kier molecular flexibility index (Phi) is 16.4. The Morgan fingerprint density at radius 1 is 1.35 bits per heavy atom. The highest BCUT2D eigenvalue weighted by Crippen LogP contribution is 1.98. The molecule has 0 heterocycles. The number of carbonyl (C=O) groups is 1. The molecule has 0 fully saturated rings. The average molecular weight is 292 g/mol. The molecule has 0 aromatic rings. The molecule has 0 amide bonds. The lowest BCUT2D eigenvalue weighted by molar-refractivity contribution is -0.138. The van der Waals surface area contributed by atoms with E-state index in [2.05, 4.69) is 4.99 Å². The molecule has 0 saturated heterocycles. The first kappa shape index (κ1) is 21.3. The molecule has 0 spiro atoms. The van der Waals surface area contributed by atoms with Gasteiger partial charge in [0.05, 0.1) is 0 Å². The summed E-state index contributed by atoms with van der Waals surface area (Å²) in [6, 6.07) is -0.820. The van der Waals surface area contributed by atoms with E-state index in [1.807, 2.05) is 0 Å². The topological polar surface area (TPSA) is 185 Å². The summed E-state index contributed by atoms with van der Waals surface area (Å²) in [4.78, 5) is 28.1. The molecule has 0 aliphatic rings. The molecule has 0 rings (SSSR count). The first-order valence-corrected chi connectivity index (χ1v) is 5.32. The van der Waals surface area contributed by atoms with E-state index in [0.29, 0.717) is 19.4 Å². The normalized spacial score (nSPS) is 10.1. The van der Waals surface area contributed by atoms with Crippen LogP contribution in [0.25, 0.3) is 0 Å². The third-order valence-electron chi connectivity index (χ3n) is 1.28. The van der Waals surface area contributed by atoms with Crippen molar-refractivity contribution in [3.8, 4) is 0 Å². The molecule has 1 unspecified atom stereocenters. The van der Waals surface area contributed by atoms with Gasteiger partial charge in [-0.05, 0) is 12.8 Å². The molecular formula is C6H17ClN4O5P+. The van der Waals surface area contributed by atoms with E-state index in [0.717, 1.165) is 0 Å². The van der Waals surface area contributed by atoms with Gasteiger partial charge in [-0.3, -0.25) is 9.79 Å². The van der Waals surface area contributed by atoms with Crippen LogP contribution in [0.3, 0.4) is 0 Å². The van der Waals surface area contributed by atoms with Crippen LogP contribution in [-0.2, 0) is 9.36 Å². The van der Waals surface area contributed by atoms with Crippen LogP contribution in [-0.4, -0.2) is 39.4 Å². The summed E-state index contributed by atoms with van der Waals surface area (Å²) in [5.41, 5.74) is 15.3. The summed E-state index contributed by atoms with van der Waals surface area (Å²) in [6.45, 7) is 0.420. The van der Waals surface area contributed by atoms with Crippen LogP contribution in [0.5, 0.6) is 0 Å². The molecule has 0 bridgehead atoms. The lowest BCUT2D eigenvalue weighted by Crippen LogP contribution is -2.30. The molecule has 0 aliphatic heterocycles. The standard InChI is InChI=1S/C6H14N4O2.ClH.HO3P/c7-4(5(11)12)2-1-3-10-6(8)9;;1-4(2)3/h4H,1-3,7H2,(H,11,12)(H4,8,9,10);1H;(H-,1,2,3)/p+1. The third-order valence-corrected chi connectivity index (χ3v) is 1.28. The highest BCUT2D eigenvalue weighted by atomic mass is 35.5. The van der Waals surface area contributed by atoms with Crippen molar-refractivity contribution in [1.82, 2.24) is 0 Å². The van der Waals surface area contributed by atoms with Gasteiger partial charge in [0, 0.05) is 11.1 Å². The second-order valence-electron chi connectivity index (χ2n) is 2.65. The third kappa shape index (κ3) is 25.4. The van der Waals surface area contributed by atoms with Gasteiger partial charge in [-0.2, -0.15) is 0 Å². The molecule has 0 radical (unpaired) electrons. The molecule has 0 aliphatic carbocycles. The number of carboxylic acid groups (broad SMARTS) is 1. The number of hydrogen-bond donors (Lipinski definition) is 6. The zero-order chi connectivity index (χ0) is 13.1. The van der Waals surface area contributed by atoms with E-state index >= 15 is 0 Å². The van der Waals surface area contributed by atoms with Crippen LogP contribution in [0.1, 0.15) is 12.8 Å². The van der Waals surface area contributed by atoms with Gasteiger partial charge >= 0.3 is 14.2 Å². The Bertz CT molecular complexity index is 257. The molecule has 9 nitrogen and oxygen atoms in total. The van der Waals surface area contributed by atoms with Crippen molar-refractivity contribution in [3.63, 3.8) is 0 Å². The molecule has 102 valence electrons. The minimum absolute atomic E-state index is 0. The quantitative estimate of drug-likeness (QED) is 0.153. The van der Waals surface area contributed by atoms with Gasteiger partial charge in [0.2, 0.25) is 0 Å². The Balaban J connectivity index is -0.000000340. The molecule has 0 aromatic heterocycles. The van der Waals surface area contributed by atoms with Crippen LogP contribution in [0, 0.1) is 0 Å². The van der Waals surface area contributed by atoms with E-state index in [9.17, 15) is 4.79 Å². The van der Waals surface area contributed by atoms with E-state index < -0.39 is 20.3 Å². The number of carboxylic acids is 1. The van der Waals surface area contributed by atoms with E-state index in [4.69, 9.17) is 36.7 Å². The van der Waals surface area contributed by atoms with Gasteiger partial charge in [0.15, 0.2) is 5.96 Å². The first-order valence-electron chi connectivity index (χ1n) is 4.16.